The van der Waals surface area contributed by atoms with E-state index in [4.69, 9.17) is 9.47 Å². The lowest BCUT2D eigenvalue weighted by Gasteiger charge is -2.41. The van der Waals surface area contributed by atoms with Crippen LogP contribution in [0.5, 0.6) is 0 Å². The van der Waals surface area contributed by atoms with Crippen LogP contribution in [-0.2, 0) is 38.6 Å². The summed E-state index contributed by atoms with van der Waals surface area (Å²) in [6.45, 7) is 7.18. The molecule has 0 aliphatic carbocycles. The molecule has 0 saturated carbocycles. The number of nitrogens with zero attached hydrogens (tertiary/aromatic N) is 3. The number of carbonyl (C=O) groups excluding carboxylic acids is 2. The van der Waals surface area contributed by atoms with Crippen LogP contribution >= 0.6 is 0 Å². The van der Waals surface area contributed by atoms with Gasteiger partial charge in [0.2, 0.25) is 0 Å². The van der Waals surface area contributed by atoms with Gasteiger partial charge in [0.15, 0.2) is 11.2 Å². The third-order valence-electron chi connectivity index (χ3n) is 6.50. The quantitative estimate of drug-likeness (QED) is 0.265. The molecule has 1 aliphatic heterocycles. The number of benzene rings is 2. The van der Waals surface area contributed by atoms with E-state index >= 15 is 0 Å². The van der Waals surface area contributed by atoms with E-state index in [0.717, 1.165) is 11.6 Å². The fourth-order valence-corrected chi connectivity index (χ4v) is 4.22. The Morgan fingerprint density at radius 1 is 1.22 bits per heavy atom. The number of hydrogen-bond donors (Lipinski definition) is 0. The second-order valence-electron chi connectivity index (χ2n) is 9.07. The molecule has 1 aromatic heterocycles. The average Bonchev–Trinajstić information content (AvgIpc) is 3.32. The molecular weight excluding hydrogens is 468 g/mol. The molecule has 1 saturated heterocycles. The number of halogens is 2. The van der Waals surface area contributed by atoms with Gasteiger partial charge in [-0.1, -0.05) is 48.2 Å². The second-order valence-corrected chi connectivity index (χ2v) is 9.07. The van der Waals surface area contributed by atoms with Gasteiger partial charge in [0, 0.05) is 23.4 Å². The number of aromatic nitrogens is 3. The van der Waals surface area contributed by atoms with Crippen molar-refractivity contribution in [2.45, 2.75) is 52.0 Å². The van der Waals surface area contributed by atoms with Crippen LogP contribution in [0.1, 0.15) is 37.1 Å². The van der Waals surface area contributed by atoms with E-state index in [1.165, 1.54) is 23.7 Å². The molecule has 3 atom stereocenters. The molecule has 0 radical (unpaired) electrons. The minimum absolute atomic E-state index is 0.0333. The Bertz CT molecular complexity index is 1280. The topological polar surface area (TPSA) is 83.3 Å². The molecule has 0 amide bonds. The third kappa shape index (κ3) is 5.26. The first kappa shape index (κ1) is 25.4. The van der Waals surface area contributed by atoms with E-state index in [2.05, 4.69) is 16.9 Å². The van der Waals surface area contributed by atoms with Crippen molar-refractivity contribution in [2.24, 2.45) is 5.41 Å². The van der Waals surface area contributed by atoms with Crippen molar-refractivity contribution >= 4 is 11.8 Å². The van der Waals surface area contributed by atoms with Crippen LogP contribution < -0.4 is 0 Å². The summed E-state index contributed by atoms with van der Waals surface area (Å²) in [5.74, 6) is -2.40. The summed E-state index contributed by atoms with van der Waals surface area (Å²) in [5.41, 5.74) is 0.307. The zero-order chi connectivity index (χ0) is 25.9. The summed E-state index contributed by atoms with van der Waals surface area (Å²) in [7, 11) is 0. The molecule has 0 unspecified atom stereocenters. The van der Waals surface area contributed by atoms with Gasteiger partial charge >= 0.3 is 5.97 Å². The van der Waals surface area contributed by atoms with Gasteiger partial charge in [0.05, 0.1) is 24.4 Å². The molecule has 2 heterocycles. The normalized spacial score (nSPS) is 22.0. The fraction of sp³-hybridized carbons (Fsp3) is 0.333. The lowest BCUT2D eigenvalue weighted by atomic mass is 9.72. The molecule has 36 heavy (non-hydrogen) atoms. The number of ether oxygens (including phenoxy) is 2. The minimum Gasteiger partial charge on any atom is -0.460 e. The van der Waals surface area contributed by atoms with E-state index in [1.54, 1.807) is 13.1 Å². The van der Waals surface area contributed by atoms with Crippen molar-refractivity contribution in [1.29, 1.82) is 0 Å². The predicted molar refractivity (Wildman–Crippen MR) is 127 cm³/mol. The first-order valence-corrected chi connectivity index (χ1v) is 11.6. The SMILES string of the molecule is C=C1C(=O)[C@](C)(C(=O)OCc2ccccc2)[C@@H](CCc2cn(Cc3ccc(F)cc3F)nn2)O[C@H]1C. The molecule has 1 fully saturated rings. The number of ketones is 1. The summed E-state index contributed by atoms with van der Waals surface area (Å²) in [6.07, 6.45) is 0.970. The fourth-order valence-electron chi connectivity index (χ4n) is 4.22. The molecule has 3 aromatic rings. The van der Waals surface area contributed by atoms with Crippen molar-refractivity contribution < 1.29 is 27.8 Å². The summed E-state index contributed by atoms with van der Waals surface area (Å²) >= 11 is 0. The molecule has 4 rings (SSSR count). The van der Waals surface area contributed by atoms with Crippen LogP contribution in [0.25, 0.3) is 0 Å². The summed E-state index contributed by atoms with van der Waals surface area (Å²) in [5, 5.41) is 8.12. The maximum Gasteiger partial charge on any atom is 0.322 e. The smallest absolute Gasteiger partial charge is 0.322 e. The standard InChI is InChI=1S/C27H27F2N3O4/c1-17-18(2)36-24(27(3,25(17)33)26(34)35-16-19-7-5-4-6-8-19)12-11-22-15-32(31-30-22)14-20-9-10-21(28)13-23(20)29/h4-10,13,15,18,24H,1,11-12,14,16H2,2-3H3/t18-,24+,27+/m0/s1. The van der Waals surface area contributed by atoms with Crippen LogP contribution in [0.15, 0.2) is 66.9 Å². The molecule has 0 N–H and O–H groups in total. The van der Waals surface area contributed by atoms with E-state index in [1.807, 2.05) is 30.3 Å². The predicted octanol–water partition coefficient (Wildman–Crippen LogP) is 4.20. The number of esters is 1. The first-order chi connectivity index (χ1) is 17.2. The summed E-state index contributed by atoms with van der Waals surface area (Å²) in [6, 6.07) is 12.5. The van der Waals surface area contributed by atoms with Crippen molar-refractivity contribution in [3.8, 4) is 0 Å². The van der Waals surface area contributed by atoms with Gasteiger partial charge in [-0.3, -0.25) is 9.59 Å². The van der Waals surface area contributed by atoms with Crippen molar-refractivity contribution in [1.82, 2.24) is 15.0 Å². The lowest BCUT2D eigenvalue weighted by molar-refractivity contribution is -0.178. The number of aryl methyl sites for hydroxylation is 1. The molecule has 0 bridgehead atoms. The second kappa shape index (κ2) is 10.5. The van der Waals surface area contributed by atoms with Crippen LogP contribution in [0, 0.1) is 17.0 Å². The highest BCUT2D eigenvalue weighted by Crippen LogP contribution is 2.39. The molecule has 0 spiro atoms. The molecule has 9 heteroatoms. The number of Topliss-reactive ketones (excluding diaryl/α,β-unsaturated/α-hetero) is 1. The number of rotatable bonds is 8. The minimum atomic E-state index is -1.56. The monoisotopic (exact) mass is 495 g/mol. The molecule has 2 aromatic carbocycles. The van der Waals surface area contributed by atoms with Gasteiger partial charge in [-0.05, 0) is 38.3 Å². The van der Waals surface area contributed by atoms with Crippen molar-refractivity contribution in [3.63, 3.8) is 0 Å². The maximum absolute atomic E-state index is 14.0. The van der Waals surface area contributed by atoms with Gasteiger partial charge in [0.25, 0.3) is 0 Å². The molecule has 7 nitrogen and oxygen atoms in total. The highest BCUT2D eigenvalue weighted by atomic mass is 19.1. The Balaban J connectivity index is 1.45. The largest absolute Gasteiger partial charge is 0.460 e. The van der Waals surface area contributed by atoms with E-state index in [-0.39, 0.29) is 24.3 Å². The van der Waals surface area contributed by atoms with Gasteiger partial charge in [0.1, 0.15) is 18.2 Å². The van der Waals surface area contributed by atoms with E-state index in [9.17, 15) is 18.4 Å². The highest BCUT2D eigenvalue weighted by Gasteiger charge is 2.54. The van der Waals surface area contributed by atoms with Crippen LogP contribution in [0.3, 0.4) is 0 Å². The number of carbonyl (C=O) groups is 2. The van der Waals surface area contributed by atoms with E-state index in [0.29, 0.717) is 18.5 Å². The van der Waals surface area contributed by atoms with Gasteiger partial charge in [-0.2, -0.15) is 0 Å². The average molecular weight is 496 g/mol. The molecular formula is C27H27F2N3O4. The van der Waals surface area contributed by atoms with Crippen LogP contribution in [-0.4, -0.2) is 39.0 Å². The van der Waals surface area contributed by atoms with Crippen LogP contribution in [0.2, 0.25) is 0 Å². The maximum atomic E-state index is 14.0. The zero-order valence-electron chi connectivity index (χ0n) is 20.1. The summed E-state index contributed by atoms with van der Waals surface area (Å²) in [4.78, 5) is 26.4. The number of hydrogen-bond acceptors (Lipinski definition) is 6. The molecule has 1 aliphatic rings. The van der Waals surface area contributed by atoms with Gasteiger partial charge in [-0.15, -0.1) is 5.10 Å². The van der Waals surface area contributed by atoms with Gasteiger partial charge in [-0.25, -0.2) is 13.5 Å². The van der Waals surface area contributed by atoms with E-state index < -0.39 is 41.0 Å². The Labute approximate surface area is 207 Å². The van der Waals surface area contributed by atoms with Crippen LogP contribution in [0.4, 0.5) is 8.78 Å². The third-order valence-corrected chi connectivity index (χ3v) is 6.50. The van der Waals surface area contributed by atoms with Crippen molar-refractivity contribution in [3.05, 3.63) is 95.3 Å². The highest BCUT2D eigenvalue weighted by molar-refractivity contribution is 6.13. The Hall–Kier alpha value is -3.72. The summed E-state index contributed by atoms with van der Waals surface area (Å²) < 4.78 is 40.1. The first-order valence-electron chi connectivity index (χ1n) is 11.6. The Kier molecular flexibility index (Phi) is 7.40. The zero-order valence-corrected chi connectivity index (χ0v) is 20.1. The Morgan fingerprint density at radius 2 is 1.97 bits per heavy atom. The lowest BCUT2D eigenvalue weighted by Crippen LogP contribution is -2.55. The van der Waals surface area contributed by atoms with Crippen molar-refractivity contribution in [2.75, 3.05) is 0 Å². The van der Waals surface area contributed by atoms with Gasteiger partial charge < -0.3 is 9.47 Å². The molecule has 188 valence electrons. The Morgan fingerprint density at radius 3 is 2.69 bits per heavy atom.